The summed E-state index contributed by atoms with van der Waals surface area (Å²) < 4.78 is 6.95. The van der Waals surface area contributed by atoms with Crippen LogP contribution in [0.15, 0.2) is 48.5 Å². The van der Waals surface area contributed by atoms with Gasteiger partial charge in [-0.1, -0.05) is 24.3 Å². The Labute approximate surface area is 175 Å². The SMILES string of the molecule is Cc1cccc(OCCNC(=O)C[NH+]2CCC[C@H](c3nc4ccccc4s3)C2)c1. The van der Waals surface area contributed by atoms with E-state index in [2.05, 4.69) is 23.5 Å². The molecule has 1 aromatic heterocycles. The van der Waals surface area contributed by atoms with Crippen molar-refractivity contribution in [3.8, 4) is 5.75 Å². The highest BCUT2D eigenvalue weighted by Crippen LogP contribution is 2.30. The summed E-state index contributed by atoms with van der Waals surface area (Å²) in [6.07, 6.45) is 2.30. The highest BCUT2D eigenvalue weighted by atomic mass is 32.1. The summed E-state index contributed by atoms with van der Waals surface area (Å²) >= 11 is 1.80. The molecule has 0 saturated carbocycles. The van der Waals surface area contributed by atoms with Gasteiger partial charge in [0, 0.05) is 0 Å². The van der Waals surface area contributed by atoms with Crippen molar-refractivity contribution in [1.82, 2.24) is 10.3 Å². The maximum Gasteiger partial charge on any atom is 0.275 e. The normalized spacial score (nSPS) is 19.2. The van der Waals surface area contributed by atoms with Gasteiger partial charge in [0.05, 0.1) is 35.8 Å². The van der Waals surface area contributed by atoms with Crippen molar-refractivity contribution in [2.24, 2.45) is 0 Å². The second-order valence-corrected chi connectivity index (χ2v) is 8.82. The fourth-order valence-electron chi connectivity index (χ4n) is 3.94. The number of piperidine rings is 1. The number of para-hydroxylation sites is 1. The summed E-state index contributed by atoms with van der Waals surface area (Å²) in [6.45, 7) is 5.60. The lowest BCUT2D eigenvalue weighted by atomic mass is 9.99. The van der Waals surface area contributed by atoms with Crippen molar-refractivity contribution in [3.05, 3.63) is 59.1 Å². The van der Waals surface area contributed by atoms with Crippen LogP contribution in [-0.2, 0) is 4.79 Å². The Balaban J connectivity index is 1.23. The van der Waals surface area contributed by atoms with E-state index in [1.54, 1.807) is 11.3 Å². The van der Waals surface area contributed by atoms with E-state index in [-0.39, 0.29) is 5.91 Å². The number of amides is 1. The second-order valence-electron chi connectivity index (χ2n) is 7.75. The lowest BCUT2D eigenvalue weighted by molar-refractivity contribution is -0.898. The molecular formula is C23H28N3O2S+. The van der Waals surface area contributed by atoms with Crippen LogP contribution in [-0.4, -0.2) is 43.7 Å². The van der Waals surface area contributed by atoms with E-state index in [1.807, 2.05) is 37.3 Å². The molecule has 0 radical (unpaired) electrons. The van der Waals surface area contributed by atoms with Gasteiger partial charge in [0.15, 0.2) is 6.54 Å². The fraction of sp³-hybridized carbons (Fsp3) is 0.391. The lowest BCUT2D eigenvalue weighted by Crippen LogP contribution is -3.14. The Kier molecular flexibility index (Phi) is 6.42. The summed E-state index contributed by atoms with van der Waals surface area (Å²) in [6, 6.07) is 16.3. The van der Waals surface area contributed by atoms with E-state index in [4.69, 9.17) is 9.72 Å². The predicted molar refractivity (Wildman–Crippen MR) is 117 cm³/mol. The molecule has 6 heteroatoms. The third-order valence-electron chi connectivity index (χ3n) is 5.37. The van der Waals surface area contributed by atoms with Gasteiger partial charge in [-0.05, 0) is 49.6 Å². The standard InChI is InChI=1S/C23H27N3O2S/c1-17-6-4-8-19(14-17)28-13-11-24-22(27)16-26-12-5-7-18(15-26)23-25-20-9-2-3-10-21(20)29-23/h2-4,6,8-10,14,18H,5,7,11-13,15-16H2,1H3,(H,24,27)/p+1/t18-/m0/s1. The molecule has 0 bridgehead atoms. The topological polar surface area (TPSA) is 55.7 Å². The predicted octanol–water partition coefficient (Wildman–Crippen LogP) is 2.56. The van der Waals surface area contributed by atoms with Gasteiger partial charge in [0.2, 0.25) is 0 Å². The van der Waals surface area contributed by atoms with E-state index in [0.29, 0.717) is 25.6 Å². The molecule has 1 unspecified atom stereocenters. The van der Waals surface area contributed by atoms with E-state index in [0.717, 1.165) is 37.2 Å². The number of carbonyl (C=O) groups is 1. The smallest absolute Gasteiger partial charge is 0.275 e. The highest BCUT2D eigenvalue weighted by Gasteiger charge is 2.28. The van der Waals surface area contributed by atoms with Crippen molar-refractivity contribution >= 4 is 27.5 Å². The Morgan fingerprint density at radius 1 is 1.28 bits per heavy atom. The number of rotatable bonds is 7. The van der Waals surface area contributed by atoms with E-state index < -0.39 is 0 Å². The van der Waals surface area contributed by atoms with Crippen molar-refractivity contribution in [2.75, 3.05) is 32.8 Å². The number of hydrogen-bond acceptors (Lipinski definition) is 4. The molecule has 1 saturated heterocycles. The molecule has 152 valence electrons. The zero-order valence-electron chi connectivity index (χ0n) is 16.8. The fourth-order valence-corrected chi connectivity index (χ4v) is 5.04. The molecule has 2 heterocycles. The first kappa shape index (κ1) is 19.9. The van der Waals surface area contributed by atoms with Gasteiger partial charge in [0.1, 0.15) is 17.4 Å². The van der Waals surface area contributed by atoms with Crippen molar-refractivity contribution in [1.29, 1.82) is 0 Å². The first-order chi connectivity index (χ1) is 14.2. The largest absolute Gasteiger partial charge is 0.492 e. The number of benzene rings is 2. The summed E-state index contributed by atoms with van der Waals surface area (Å²) in [5.41, 5.74) is 2.26. The Bertz CT molecular complexity index is 938. The van der Waals surface area contributed by atoms with Gasteiger partial charge in [-0.15, -0.1) is 11.3 Å². The number of nitrogens with one attached hydrogen (secondary N) is 2. The van der Waals surface area contributed by atoms with Gasteiger partial charge in [-0.3, -0.25) is 4.79 Å². The number of hydrogen-bond donors (Lipinski definition) is 2. The third kappa shape index (κ3) is 5.34. The van der Waals surface area contributed by atoms with Crippen molar-refractivity contribution in [2.45, 2.75) is 25.7 Å². The van der Waals surface area contributed by atoms with Gasteiger partial charge >= 0.3 is 0 Å². The number of ether oxygens (including phenoxy) is 1. The summed E-state index contributed by atoms with van der Waals surface area (Å²) in [7, 11) is 0. The summed E-state index contributed by atoms with van der Waals surface area (Å²) in [5.74, 6) is 1.39. The molecule has 2 N–H and O–H groups in total. The first-order valence-electron chi connectivity index (χ1n) is 10.3. The van der Waals surface area contributed by atoms with Crippen LogP contribution in [0.4, 0.5) is 0 Å². The average Bonchev–Trinajstić information content (AvgIpc) is 3.16. The highest BCUT2D eigenvalue weighted by molar-refractivity contribution is 7.18. The van der Waals surface area contributed by atoms with Crippen molar-refractivity contribution in [3.63, 3.8) is 0 Å². The van der Waals surface area contributed by atoms with Crippen LogP contribution in [0.3, 0.4) is 0 Å². The molecule has 4 rings (SSSR count). The minimum Gasteiger partial charge on any atom is -0.492 e. The van der Waals surface area contributed by atoms with E-state index in [1.165, 1.54) is 20.2 Å². The number of carbonyl (C=O) groups excluding carboxylic acids is 1. The summed E-state index contributed by atoms with van der Waals surface area (Å²) in [5, 5.41) is 4.21. The van der Waals surface area contributed by atoms with Crippen molar-refractivity contribution < 1.29 is 14.4 Å². The quantitative estimate of drug-likeness (QED) is 0.589. The molecule has 2 aromatic carbocycles. The summed E-state index contributed by atoms with van der Waals surface area (Å²) in [4.78, 5) is 18.5. The number of thiazole rings is 1. The number of fused-ring (bicyclic) bond motifs is 1. The minimum absolute atomic E-state index is 0.0952. The van der Waals surface area contributed by atoms with Gasteiger partial charge in [-0.2, -0.15) is 0 Å². The van der Waals surface area contributed by atoms with Gasteiger partial charge in [-0.25, -0.2) is 4.98 Å². The molecule has 1 amide bonds. The molecule has 0 aliphatic carbocycles. The van der Waals surface area contributed by atoms with Gasteiger partial charge < -0.3 is 15.0 Å². The number of nitrogens with zero attached hydrogens (tertiary/aromatic N) is 1. The number of aryl methyl sites for hydroxylation is 1. The Hall–Kier alpha value is -2.44. The Morgan fingerprint density at radius 2 is 2.17 bits per heavy atom. The Morgan fingerprint density at radius 3 is 3.03 bits per heavy atom. The molecule has 3 aromatic rings. The number of quaternary nitrogens is 1. The molecule has 29 heavy (non-hydrogen) atoms. The molecule has 2 atom stereocenters. The molecule has 0 spiro atoms. The molecular weight excluding hydrogens is 382 g/mol. The minimum atomic E-state index is 0.0952. The zero-order valence-corrected chi connectivity index (χ0v) is 17.6. The molecule has 1 fully saturated rings. The molecule has 5 nitrogen and oxygen atoms in total. The van der Waals surface area contributed by atoms with Crippen LogP contribution >= 0.6 is 11.3 Å². The zero-order chi connectivity index (χ0) is 20.1. The molecule has 1 aliphatic heterocycles. The van der Waals surface area contributed by atoms with E-state index in [9.17, 15) is 4.79 Å². The van der Waals surface area contributed by atoms with Crippen LogP contribution in [0.25, 0.3) is 10.2 Å². The lowest BCUT2D eigenvalue weighted by Gasteiger charge is -2.28. The number of likely N-dealkylation sites (tertiary alicyclic amines) is 1. The first-order valence-corrected chi connectivity index (χ1v) is 11.1. The van der Waals surface area contributed by atoms with Crippen LogP contribution in [0.1, 0.15) is 29.3 Å². The maximum atomic E-state index is 12.4. The van der Waals surface area contributed by atoms with Crippen LogP contribution in [0, 0.1) is 6.92 Å². The van der Waals surface area contributed by atoms with Crippen LogP contribution in [0.5, 0.6) is 5.75 Å². The van der Waals surface area contributed by atoms with Crippen LogP contribution in [0.2, 0.25) is 0 Å². The monoisotopic (exact) mass is 410 g/mol. The van der Waals surface area contributed by atoms with E-state index >= 15 is 0 Å². The number of aromatic nitrogens is 1. The third-order valence-corrected chi connectivity index (χ3v) is 6.57. The van der Waals surface area contributed by atoms with Crippen LogP contribution < -0.4 is 15.0 Å². The van der Waals surface area contributed by atoms with Gasteiger partial charge in [0.25, 0.3) is 5.91 Å². The maximum absolute atomic E-state index is 12.4. The molecule has 1 aliphatic rings. The second kappa shape index (κ2) is 9.37. The average molecular weight is 411 g/mol.